The molecule has 0 aromatic heterocycles. The second-order valence-electron chi connectivity index (χ2n) is 8.21. The highest BCUT2D eigenvalue weighted by molar-refractivity contribution is 5.66. The average Bonchev–Trinajstić information content (AvgIpc) is 2.71. The number of carboxylic acids is 1. The van der Waals surface area contributed by atoms with Crippen molar-refractivity contribution in [1.82, 2.24) is 0 Å². The van der Waals surface area contributed by atoms with Crippen LogP contribution in [0.2, 0.25) is 0 Å². The number of aliphatic carboxylic acids is 1. The molecule has 0 aliphatic heterocycles. The second-order valence-corrected chi connectivity index (χ2v) is 8.21. The van der Waals surface area contributed by atoms with Crippen molar-refractivity contribution in [1.29, 1.82) is 0 Å². The molecule has 1 aromatic carbocycles. The minimum Gasteiger partial charge on any atom is -0.481 e. The van der Waals surface area contributed by atoms with E-state index < -0.39 is 12.1 Å². The Bertz CT molecular complexity index is 503. The minimum atomic E-state index is -0.802. The maximum Gasteiger partial charge on any atom is 0.303 e. The lowest BCUT2D eigenvalue weighted by Gasteiger charge is -2.21. The molecule has 2 N–H and O–H groups in total. The van der Waals surface area contributed by atoms with Crippen LogP contribution in [0.4, 0.5) is 0 Å². The van der Waals surface area contributed by atoms with Crippen LogP contribution in [0.25, 0.3) is 0 Å². The summed E-state index contributed by atoms with van der Waals surface area (Å²) in [5.41, 5.74) is 1.14. The first kappa shape index (κ1) is 25.6. The van der Waals surface area contributed by atoms with Crippen LogP contribution < -0.4 is 0 Å². The maximum atomic E-state index is 10.7. The van der Waals surface area contributed by atoms with Gasteiger partial charge in [0.15, 0.2) is 0 Å². The molecular weight excluding hydrogens is 364 g/mol. The van der Waals surface area contributed by atoms with Gasteiger partial charge < -0.3 is 14.9 Å². The Hall–Kier alpha value is -1.39. The highest BCUT2D eigenvalue weighted by Crippen LogP contribution is 2.18. The molecule has 4 heteroatoms. The Kier molecular flexibility index (Phi) is 15.4. The van der Waals surface area contributed by atoms with Crippen LogP contribution in [0, 0.1) is 0 Å². The smallest absolute Gasteiger partial charge is 0.303 e. The average molecular weight is 407 g/mol. The van der Waals surface area contributed by atoms with Gasteiger partial charge in [0.1, 0.15) is 0 Å². The van der Waals surface area contributed by atoms with E-state index in [0.717, 1.165) is 18.4 Å². The first-order valence-corrected chi connectivity index (χ1v) is 11.7. The number of carboxylic acid groups (broad SMARTS) is 1. The standard InChI is InChI=1S/C25H42O4/c1-2-3-4-5-6-7-8-9-13-18-24(20-23(26)17-14-19-25(27)28)29-21-22-15-11-10-12-16-22/h10-12,15-16,23-24,26H,2-9,13-14,17-21H2,1H3,(H,27,28). The number of benzene rings is 1. The van der Waals surface area contributed by atoms with Crippen LogP contribution in [0.3, 0.4) is 0 Å². The van der Waals surface area contributed by atoms with Crippen LogP contribution in [0.5, 0.6) is 0 Å². The number of rotatable bonds is 19. The van der Waals surface area contributed by atoms with E-state index in [-0.39, 0.29) is 12.5 Å². The van der Waals surface area contributed by atoms with Gasteiger partial charge in [0.25, 0.3) is 0 Å². The van der Waals surface area contributed by atoms with Gasteiger partial charge in [-0.3, -0.25) is 4.79 Å². The fourth-order valence-electron chi connectivity index (χ4n) is 3.65. The molecule has 0 heterocycles. The Morgan fingerprint density at radius 2 is 1.52 bits per heavy atom. The van der Waals surface area contributed by atoms with E-state index in [1.54, 1.807) is 0 Å². The number of ether oxygens (including phenoxy) is 1. The van der Waals surface area contributed by atoms with Gasteiger partial charge in [-0.15, -0.1) is 0 Å². The summed E-state index contributed by atoms with van der Waals surface area (Å²) in [5, 5.41) is 19.1. The predicted octanol–water partition coefficient (Wildman–Crippen LogP) is 6.50. The summed E-state index contributed by atoms with van der Waals surface area (Å²) in [6, 6.07) is 10.1. The fourth-order valence-corrected chi connectivity index (χ4v) is 3.65. The Labute approximate surface area is 177 Å². The normalized spacial score (nSPS) is 13.3. The number of aliphatic hydroxyl groups excluding tert-OH is 1. The van der Waals surface area contributed by atoms with Crippen molar-refractivity contribution in [3.05, 3.63) is 35.9 Å². The number of unbranched alkanes of at least 4 members (excludes halogenated alkanes) is 8. The number of hydrogen-bond acceptors (Lipinski definition) is 3. The summed E-state index contributed by atoms with van der Waals surface area (Å²) >= 11 is 0. The summed E-state index contributed by atoms with van der Waals surface area (Å²) in [6.07, 6.45) is 13.9. The van der Waals surface area contributed by atoms with Crippen molar-refractivity contribution in [2.45, 2.75) is 116 Å². The van der Waals surface area contributed by atoms with Gasteiger partial charge in [-0.05, 0) is 31.2 Å². The number of aliphatic hydroxyl groups is 1. The Morgan fingerprint density at radius 1 is 0.897 bits per heavy atom. The lowest BCUT2D eigenvalue weighted by molar-refractivity contribution is -0.137. The fraction of sp³-hybridized carbons (Fsp3) is 0.720. The third-order valence-corrected chi connectivity index (χ3v) is 5.42. The molecule has 0 radical (unpaired) electrons. The lowest BCUT2D eigenvalue weighted by atomic mass is 10.00. The SMILES string of the molecule is CCCCCCCCCCCC(CC(O)CCCC(=O)O)OCc1ccccc1. The van der Waals surface area contributed by atoms with Crippen LogP contribution in [0.1, 0.15) is 102 Å². The first-order valence-electron chi connectivity index (χ1n) is 11.7. The minimum absolute atomic E-state index is 0.0274. The monoisotopic (exact) mass is 406 g/mol. The summed E-state index contributed by atoms with van der Waals surface area (Å²) in [5.74, 6) is -0.802. The van der Waals surface area contributed by atoms with E-state index in [9.17, 15) is 9.90 Å². The zero-order valence-corrected chi connectivity index (χ0v) is 18.4. The first-order chi connectivity index (χ1) is 14.1. The van der Waals surface area contributed by atoms with Crippen LogP contribution in [0.15, 0.2) is 30.3 Å². The topological polar surface area (TPSA) is 66.8 Å². The molecule has 2 unspecified atom stereocenters. The van der Waals surface area contributed by atoms with Gasteiger partial charge in [0.2, 0.25) is 0 Å². The van der Waals surface area contributed by atoms with Crippen LogP contribution in [-0.4, -0.2) is 28.4 Å². The summed E-state index contributed by atoms with van der Waals surface area (Å²) < 4.78 is 6.12. The van der Waals surface area contributed by atoms with E-state index in [0.29, 0.717) is 25.9 Å². The van der Waals surface area contributed by atoms with Gasteiger partial charge in [-0.2, -0.15) is 0 Å². The van der Waals surface area contributed by atoms with Crippen LogP contribution in [-0.2, 0) is 16.1 Å². The molecule has 0 aliphatic carbocycles. The van der Waals surface area contributed by atoms with Gasteiger partial charge in [0.05, 0.1) is 18.8 Å². The van der Waals surface area contributed by atoms with E-state index in [4.69, 9.17) is 9.84 Å². The zero-order valence-electron chi connectivity index (χ0n) is 18.4. The van der Waals surface area contributed by atoms with Crippen LogP contribution >= 0.6 is 0 Å². The highest BCUT2D eigenvalue weighted by atomic mass is 16.5. The molecular formula is C25H42O4. The quantitative estimate of drug-likeness (QED) is 0.257. The lowest BCUT2D eigenvalue weighted by Crippen LogP contribution is -2.21. The molecule has 0 saturated carbocycles. The molecule has 0 fully saturated rings. The molecule has 0 saturated heterocycles. The summed E-state index contributed by atoms with van der Waals surface area (Å²) in [4.78, 5) is 10.7. The molecule has 29 heavy (non-hydrogen) atoms. The number of hydrogen-bond donors (Lipinski definition) is 2. The number of carbonyl (C=O) groups is 1. The van der Waals surface area contributed by atoms with Gasteiger partial charge in [-0.1, -0.05) is 95.0 Å². The van der Waals surface area contributed by atoms with Crippen molar-refractivity contribution in [3.63, 3.8) is 0 Å². The highest BCUT2D eigenvalue weighted by Gasteiger charge is 2.16. The molecule has 2 atom stereocenters. The Balaban J connectivity index is 2.28. The maximum absolute atomic E-state index is 10.7. The zero-order chi connectivity index (χ0) is 21.2. The molecule has 1 aromatic rings. The van der Waals surface area contributed by atoms with E-state index in [2.05, 4.69) is 19.1 Å². The van der Waals surface area contributed by atoms with Crippen molar-refractivity contribution in [2.75, 3.05) is 0 Å². The van der Waals surface area contributed by atoms with Crippen molar-refractivity contribution in [2.24, 2.45) is 0 Å². The van der Waals surface area contributed by atoms with Crippen molar-refractivity contribution < 1.29 is 19.7 Å². The van der Waals surface area contributed by atoms with Gasteiger partial charge >= 0.3 is 5.97 Å². The second kappa shape index (κ2) is 17.5. The molecule has 0 amide bonds. The molecule has 0 spiro atoms. The molecule has 0 bridgehead atoms. The summed E-state index contributed by atoms with van der Waals surface area (Å²) in [7, 11) is 0. The van der Waals surface area contributed by atoms with E-state index in [1.165, 1.54) is 51.4 Å². The largest absolute Gasteiger partial charge is 0.481 e. The van der Waals surface area contributed by atoms with Gasteiger partial charge in [0, 0.05) is 6.42 Å². The van der Waals surface area contributed by atoms with Crippen molar-refractivity contribution >= 4 is 5.97 Å². The van der Waals surface area contributed by atoms with Crippen molar-refractivity contribution in [3.8, 4) is 0 Å². The predicted molar refractivity (Wildman–Crippen MR) is 119 cm³/mol. The Morgan fingerprint density at radius 3 is 2.14 bits per heavy atom. The molecule has 4 nitrogen and oxygen atoms in total. The summed E-state index contributed by atoms with van der Waals surface area (Å²) in [6.45, 7) is 2.81. The van der Waals surface area contributed by atoms with Gasteiger partial charge in [-0.25, -0.2) is 0 Å². The molecule has 166 valence electrons. The third kappa shape index (κ3) is 15.2. The molecule has 1 rings (SSSR count). The van der Waals surface area contributed by atoms with E-state index in [1.807, 2.05) is 18.2 Å². The molecule has 0 aliphatic rings. The third-order valence-electron chi connectivity index (χ3n) is 5.42. The van der Waals surface area contributed by atoms with E-state index >= 15 is 0 Å².